The molecule has 0 aromatic heterocycles. The van der Waals surface area contributed by atoms with Crippen molar-refractivity contribution in [3.8, 4) is 0 Å². The molecule has 94 valence electrons. The monoisotopic (exact) mass is 223 g/mol. The van der Waals surface area contributed by atoms with E-state index >= 15 is 0 Å². The zero-order chi connectivity index (χ0) is 11.8. The Kier molecular flexibility index (Phi) is 3.36. The van der Waals surface area contributed by atoms with Gasteiger partial charge in [-0.15, -0.1) is 0 Å². The molecule has 0 amide bonds. The minimum absolute atomic E-state index is 0.462. The summed E-state index contributed by atoms with van der Waals surface area (Å²) < 4.78 is 0. The third-order valence-corrected chi connectivity index (χ3v) is 5.99. The summed E-state index contributed by atoms with van der Waals surface area (Å²) in [7, 11) is 2.41. The van der Waals surface area contributed by atoms with Crippen molar-refractivity contribution in [2.75, 3.05) is 7.05 Å². The number of rotatable bonds is 1. The van der Waals surface area contributed by atoms with E-state index in [-0.39, 0.29) is 0 Å². The lowest BCUT2D eigenvalue weighted by Gasteiger charge is -2.60. The van der Waals surface area contributed by atoms with Crippen LogP contribution < -0.4 is 0 Å². The zero-order valence-corrected chi connectivity index (χ0v) is 11.7. The van der Waals surface area contributed by atoms with Crippen molar-refractivity contribution in [2.45, 2.75) is 83.2 Å². The van der Waals surface area contributed by atoms with Crippen LogP contribution in [0.2, 0.25) is 0 Å². The molecule has 1 heteroatoms. The fourth-order valence-corrected chi connectivity index (χ4v) is 4.24. The molecule has 1 aliphatic carbocycles. The molecule has 0 bridgehead atoms. The molecule has 0 N–H and O–H groups in total. The average Bonchev–Trinajstić information content (AvgIpc) is 2.34. The summed E-state index contributed by atoms with van der Waals surface area (Å²) in [6.45, 7) is 7.34. The number of likely N-dealkylation sites (tertiary alicyclic amines) is 1. The highest BCUT2D eigenvalue weighted by atomic mass is 15.3. The van der Waals surface area contributed by atoms with Crippen molar-refractivity contribution in [1.82, 2.24) is 4.90 Å². The SMILES string of the molecule is CCC1(C)CCC(C)C2(CCCCC2)N1C. The molecule has 0 aromatic rings. The lowest BCUT2D eigenvalue weighted by molar-refractivity contribution is -0.0895. The van der Waals surface area contributed by atoms with Gasteiger partial charge in [-0.3, -0.25) is 4.90 Å². The fourth-order valence-electron chi connectivity index (χ4n) is 4.24. The van der Waals surface area contributed by atoms with Crippen molar-refractivity contribution >= 4 is 0 Å². The molecule has 0 radical (unpaired) electrons. The number of piperidine rings is 1. The van der Waals surface area contributed by atoms with Gasteiger partial charge < -0.3 is 0 Å². The van der Waals surface area contributed by atoms with Crippen molar-refractivity contribution in [3.05, 3.63) is 0 Å². The molecule has 1 heterocycles. The predicted molar refractivity (Wildman–Crippen MR) is 70.7 cm³/mol. The maximum atomic E-state index is 2.79. The Balaban J connectivity index is 2.26. The first-order valence-electron chi connectivity index (χ1n) is 7.29. The van der Waals surface area contributed by atoms with E-state index in [9.17, 15) is 0 Å². The summed E-state index contributed by atoms with van der Waals surface area (Å²) in [6, 6.07) is 0. The van der Waals surface area contributed by atoms with Crippen LogP contribution in [0.15, 0.2) is 0 Å². The topological polar surface area (TPSA) is 3.24 Å². The second kappa shape index (κ2) is 4.33. The molecule has 2 aliphatic rings. The second-order valence-corrected chi connectivity index (χ2v) is 6.51. The molecule has 2 unspecified atom stereocenters. The van der Waals surface area contributed by atoms with Gasteiger partial charge in [-0.1, -0.05) is 33.1 Å². The van der Waals surface area contributed by atoms with Crippen LogP contribution in [0.4, 0.5) is 0 Å². The van der Waals surface area contributed by atoms with E-state index in [1.807, 2.05) is 0 Å². The van der Waals surface area contributed by atoms with E-state index in [0.717, 1.165) is 5.92 Å². The molecule has 1 aliphatic heterocycles. The van der Waals surface area contributed by atoms with Crippen LogP contribution in [-0.2, 0) is 0 Å². The minimum atomic E-state index is 0.462. The van der Waals surface area contributed by atoms with Gasteiger partial charge in [0.05, 0.1) is 0 Å². The van der Waals surface area contributed by atoms with Crippen LogP contribution in [-0.4, -0.2) is 23.0 Å². The molecule has 1 spiro atoms. The van der Waals surface area contributed by atoms with Crippen molar-refractivity contribution < 1.29 is 0 Å². The molecule has 16 heavy (non-hydrogen) atoms. The van der Waals surface area contributed by atoms with Crippen molar-refractivity contribution in [1.29, 1.82) is 0 Å². The first kappa shape index (κ1) is 12.4. The van der Waals surface area contributed by atoms with Crippen LogP contribution in [0.3, 0.4) is 0 Å². The highest BCUT2D eigenvalue weighted by Gasteiger charge is 2.50. The molecule has 1 saturated carbocycles. The normalized spacial score (nSPS) is 40.1. The standard InChI is InChI=1S/C15H29N/c1-5-14(3)12-9-13(2)15(16(14)4)10-7-6-8-11-15/h13H,5-12H2,1-4H3. The van der Waals surface area contributed by atoms with E-state index in [2.05, 4.69) is 32.7 Å². The molecule has 2 atom stereocenters. The van der Waals surface area contributed by atoms with Gasteiger partial charge in [-0.2, -0.15) is 0 Å². The third-order valence-electron chi connectivity index (χ3n) is 5.99. The Labute approximate surface area is 102 Å². The lowest BCUT2D eigenvalue weighted by Crippen LogP contribution is -2.64. The fraction of sp³-hybridized carbons (Fsp3) is 1.00. The molecule has 1 nitrogen and oxygen atoms in total. The molecular formula is C15H29N. The first-order valence-corrected chi connectivity index (χ1v) is 7.29. The Morgan fingerprint density at radius 1 is 1.12 bits per heavy atom. The molecule has 2 fully saturated rings. The van der Waals surface area contributed by atoms with Crippen LogP contribution in [0.25, 0.3) is 0 Å². The Morgan fingerprint density at radius 2 is 1.75 bits per heavy atom. The summed E-state index contributed by atoms with van der Waals surface area (Å²) >= 11 is 0. The number of nitrogens with zero attached hydrogens (tertiary/aromatic N) is 1. The summed E-state index contributed by atoms with van der Waals surface area (Å²) in [4.78, 5) is 2.79. The van der Waals surface area contributed by atoms with Gasteiger partial charge in [0.15, 0.2) is 0 Å². The number of hydrogen-bond donors (Lipinski definition) is 0. The van der Waals surface area contributed by atoms with Gasteiger partial charge in [0.2, 0.25) is 0 Å². The second-order valence-electron chi connectivity index (χ2n) is 6.51. The summed E-state index contributed by atoms with van der Waals surface area (Å²) in [5.74, 6) is 0.900. The summed E-state index contributed by atoms with van der Waals surface area (Å²) in [6.07, 6.45) is 11.4. The van der Waals surface area contributed by atoms with Crippen LogP contribution in [0, 0.1) is 5.92 Å². The smallest absolute Gasteiger partial charge is 0.0237 e. The summed E-state index contributed by atoms with van der Waals surface area (Å²) in [5.41, 5.74) is 1.01. The van der Waals surface area contributed by atoms with Crippen molar-refractivity contribution in [2.24, 2.45) is 5.92 Å². The molecule has 2 rings (SSSR count). The maximum Gasteiger partial charge on any atom is 0.0237 e. The quantitative estimate of drug-likeness (QED) is 0.643. The molecular weight excluding hydrogens is 194 g/mol. The highest BCUT2D eigenvalue weighted by molar-refractivity contribution is 5.05. The van der Waals surface area contributed by atoms with Gasteiger partial charge in [-0.25, -0.2) is 0 Å². The first-order chi connectivity index (χ1) is 7.55. The van der Waals surface area contributed by atoms with Crippen LogP contribution >= 0.6 is 0 Å². The van der Waals surface area contributed by atoms with E-state index in [0.29, 0.717) is 11.1 Å². The molecule has 0 aromatic carbocycles. The third kappa shape index (κ3) is 1.72. The van der Waals surface area contributed by atoms with Gasteiger partial charge in [0.1, 0.15) is 0 Å². The maximum absolute atomic E-state index is 2.79. The predicted octanol–water partition coefficient (Wildman–Crippen LogP) is 4.22. The Hall–Kier alpha value is -0.0400. The lowest BCUT2D eigenvalue weighted by atomic mass is 9.64. The molecule has 1 saturated heterocycles. The van der Waals surface area contributed by atoms with Crippen molar-refractivity contribution in [3.63, 3.8) is 0 Å². The Bertz CT molecular complexity index is 242. The summed E-state index contributed by atoms with van der Waals surface area (Å²) in [5, 5.41) is 0. The average molecular weight is 223 g/mol. The van der Waals surface area contributed by atoms with Crippen LogP contribution in [0.1, 0.15) is 72.1 Å². The van der Waals surface area contributed by atoms with Gasteiger partial charge in [0, 0.05) is 11.1 Å². The highest BCUT2D eigenvalue weighted by Crippen LogP contribution is 2.49. The minimum Gasteiger partial charge on any atom is -0.295 e. The Morgan fingerprint density at radius 3 is 2.31 bits per heavy atom. The van der Waals surface area contributed by atoms with E-state index < -0.39 is 0 Å². The van der Waals surface area contributed by atoms with E-state index in [4.69, 9.17) is 0 Å². The zero-order valence-electron chi connectivity index (χ0n) is 11.7. The number of hydrogen-bond acceptors (Lipinski definition) is 1. The van der Waals surface area contributed by atoms with E-state index in [1.165, 1.54) is 51.4 Å². The largest absolute Gasteiger partial charge is 0.295 e. The van der Waals surface area contributed by atoms with Gasteiger partial charge in [-0.05, 0) is 52.0 Å². The van der Waals surface area contributed by atoms with E-state index in [1.54, 1.807) is 0 Å². The van der Waals surface area contributed by atoms with Crippen LogP contribution in [0.5, 0.6) is 0 Å². The van der Waals surface area contributed by atoms with Gasteiger partial charge in [0.25, 0.3) is 0 Å². The van der Waals surface area contributed by atoms with Gasteiger partial charge >= 0.3 is 0 Å².